The normalized spacial score (nSPS) is 18.4. The molecule has 1 heterocycles. The monoisotopic (exact) mass is 310 g/mol. The second-order valence-corrected chi connectivity index (χ2v) is 5.41. The molecule has 1 aliphatic heterocycles. The van der Waals surface area contributed by atoms with Crippen LogP contribution in [0.3, 0.4) is 0 Å². The van der Waals surface area contributed by atoms with Gasteiger partial charge in [0.25, 0.3) is 5.91 Å². The lowest BCUT2D eigenvalue weighted by Crippen LogP contribution is -2.48. The first kappa shape index (κ1) is 15.6. The fourth-order valence-electron chi connectivity index (χ4n) is 2.50. The Kier molecular flexibility index (Phi) is 5.07. The van der Waals surface area contributed by atoms with Crippen LogP contribution in [0.5, 0.6) is 0 Å². The molecular weight excluding hydrogens is 292 g/mol. The highest BCUT2D eigenvalue weighted by atomic mass is 35.5. The smallest absolute Gasteiger partial charge is 0.328 e. The molecule has 1 saturated heterocycles. The summed E-state index contributed by atoms with van der Waals surface area (Å²) in [6.45, 7) is 2.61. The van der Waals surface area contributed by atoms with Gasteiger partial charge < -0.3 is 15.4 Å². The molecule has 0 saturated carbocycles. The average molecular weight is 311 g/mol. The first-order valence-electron chi connectivity index (χ1n) is 7.07. The highest BCUT2D eigenvalue weighted by molar-refractivity contribution is 6.33. The number of anilines is 1. The van der Waals surface area contributed by atoms with Gasteiger partial charge in [-0.3, -0.25) is 4.79 Å². The molecule has 1 unspecified atom stereocenters. The van der Waals surface area contributed by atoms with Crippen molar-refractivity contribution in [2.75, 3.05) is 18.9 Å². The summed E-state index contributed by atoms with van der Waals surface area (Å²) in [4.78, 5) is 26.2. The van der Waals surface area contributed by atoms with Gasteiger partial charge in [0, 0.05) is 12.1 Å². The van der Waals surface area contributed by atoms with Crippen LogP contribution in [-0.4, -0.2) is 36.0 Å². The van der Waals surface area contributed by atoms with E-state index >= 15 is 0 Å². The van der Waals surface area contributed by atoms with Crippen molar-refractivity contribution in [1.29, 1.82) is 0 Å². The summed E-state index contributed by atoms with van der Waals surface area (Å²) in [5.41, 5.74) is 6.53. The van der Waals surface area contributed by atoms with Crippen molar-refractivity contribution < 1.29 is 14.3 Å². The molecule has 1 aromatic rings. The third-order valence-corrected chi connectivity index (χ3v) is 3.91. The first-order chi connectivity index (χ1) is 10.0. The van der Waals surface area contributed by atoms with E-state index in [1.165, 1.54) is 0 Å². The van der Waals surface area contributed by atoms with Gasteiger partial charge in [0.15, 0.2) is 0 Å². The molecule has 0 aromatic heterocycles. The largest absolute Gasteiger partial charge is 0.464 e. The number of hydrogen-bond acceptors (Lipinski definition) is 4. The molecule has 0 spiro atoms. The molecule has 1 atom stereocenters. The van der Waals surface area contributed by atoms with Crippen LogP contribution < -0.4 is 5.73 Å². The third-order valence-electron chi connectivity index (χ3n) is 3.57. The third kappa shape index (κ3) is 3.47. The molecule has 114 valence electrons. The molecule has 0 aliphatic carbocycles. The minimum atomic E-state index is -0.511. The summed E-state index contributed by atoms with van der Waals surface area (Å²) in [6, 6.07) is 4.25. The van der Waals surface area contributed by atoms with E-state index in [1.54, 1.807) is 30.0 Å². The van der Waals surface area contributed by atoms with Crippen LogP contribution in [-0.2, 0) is 9.53 Å². The molecule has 1 aromatic carbocycles. The van der Waals surface area contributed by atoms with Crippen LogP contribution in [0, 0.1) is 0 Å². The summed E-state index contributed by atoms with van der Waals surface area (Å²) >= 11 is 5.87. The van der Waals surface area contributed by atoms with Gasteiger partial charge in [0.2, 0.25) is 0 Å². The number of likely N-dealkylation sites (tertiary alicyclic amines) is 1. The van der Waals surface area contributed by atoms with Crippen molar-refractivity contribution in [3.8, 4) is 0 Å². The molecular formula is C15H19ClN2O3. The van der Waals surface area contributed by atoms with Crippen LogP contribution in [0.2, 0.25) is 5.02 Å². The summed E-state index contributed by atoms with van der Waals surface area (Å²) in [5, 5.41) is 0.409. The van der Waals surface area contributed by atoms with E-state index in [0.717, 1.165) is 12.8 Å². The number of esters is 1. The lowest BCUT2D eigenvalue weighted by molar-refractivity contribution is -0.149. The van der Waals surface area contributed by atoms with Gasteiger partial charge in [0.1, 0.15) is 6.04 Å². The van der Waals surface area contributed by atoms with Gasteiger partial charge in [-0.2, -0.15) is 0 Å². The molecule has 0 bridgehead atoms. The van der Waals surface area contributed by atoms with E-state index in [4.69, 9.17) is 22.1 Å². The maximum absolute atomic E-state index is 12.6. The van der Waals surface area contributed by atoms with Crippen LogP contribution in [0.1, 0.15) is 36.5 Å². The highest BCUT2D eigenvalue weighted by Crippen LogP contribution is 2.24. The fourth-order valence-corrected chi connectivity index (χ4v) is 2.62. The number of amides is 1. The number of nitrogens with two attached hydrogens (primary N) is 1. The Hall–Kier alpha value is -1.75. The number of hydrogen-bond donors (Lipinski definition) is 1. The molecule has 6 heteroatoms. The number of piperidine rings is 1. The average Bonchev–Trinajstić information content (AvgIpc) is 2.49. The fraction of sp³-hybridized carbons (Fsp3) is 0.467. The summed E-state index contributed by atoms with van der Waals surface area (Å²) < 4.78 is 5.06. The summed E-state index contributed by atoms with van der Waals surface area (Å²) in [6.07, 6.45) is 2.42. The van der Waals surface area contributed by atoms with Crippen molar-refractivity contribution in [3.05, 3.63) is 28.8 Å². The van der Waals surface area contributed by atoms with E-state index < -0.39 is 6.04 Å². The Bertz CT molecular complexity index is 548. The van der Waals surface area contributed by atoms with E-state index in [0.29, 0.717) is 35.8 Å². The Balaban J connectivity index is 2.21. The zero-order valence-electron chi connectivity index (χ0n) is 12.0. The molecule has 0 radical (unpaired) electrons. The molecule has 1 aliphatic rings. The molecule has 21 heavy (non-hydrogen) atoms. The van der Waals surface area contributed by atoms with Crippen molar-refractivity contribution in [2.24, 2.45) is 0 Å². The zero-order valence-corrected chi connectivity index (χ0v) is 12.7. The first-order valence-corrected chi connectivity index (χ1v) is 7.45. The Labute approximate surface area is 129 Å². The van der Waals surface area contributed by atoms with Gasteiger partial charge in [-0.1, -0.05) is 11.6 Å². The maximum Gasteiger partial charge on any atom is 0.328 e. The zero-order chi connectivity index (χ0) is 15.4. The lowest BCUT2D eigenvalue weighted by atomic mass is 10.0. The van der Waals surface area contributed by atoms with E-state index in [-0.39, 0.29) is 11.9 Å². The molecule has 5 nitrogen and oxygen atoms in total. The van der Waals surface area contributed by atoms with Gasteiger partial charge in [-0.05, 0) is 44.4 Å². The standard InChI is InChI=1S/C15H19ClN2O3/c1-2-21-15(20)13-5-3-4-8-18(13)14(19)10-6-7-11(16)12(17)9-10/h6-7,9,13H,2-5,8,17H2,1H3. The van der Waals surface area contributed by atoms with Gasteiger partial charge in [-0.15, -0.1) is 0 Å². The SMILES string of the molecule is CCOC(=O)C1CCCCN1C(=O)c1ccc(Cl)c(N)c1. The number of nitrogens with zero attached hydrogens (tertiary/aromatic N) is 1. The number of rotatable bonds is 3. The number of carbonyl (C=O) groups is 2. The van der Waals surface area contributed by atoms with Gasteiger partial charge in [0.05, 0.1) is 17.3 Å². The van der Waals surface area contributed by atoms with Crippen molar-refractivity contribution >= 4 is 29.2 Å². The molecule has 2 rings (SSSR count). The number of ether oxygens (including phenoxy) is 1. The van der Waals surface area contributed by atoms with Crippen LogP contribution in [0.25, 0.3) is 0 Å². The van der Waals surface area contributed by atoms with Crippen LogP contribution in [0.4, 0.5) is 5.69 Å². The minimum absolute atomic E-state index is 0.212. The van der Waals surface area contributed by atoms with E-state index in [1.807, 2.05) is 0 Å². The molecule has 1 fully saturated rings. The lowest BCUT2D eigenvalue weighted by Gasteiger charge is -2.34. The Morgan fingerprint density at radius 2 is 2.19 bits per heavy atom. The molecule has 2 N–H and O–H groups in total. The predicted molar refractivity (Wildman–Crippen MR) is 81.2 cm³/mol. The van der Waals surface area contributed by atoms with E-state index in [9.17, 15) is 9.59 Å². The highest BCUT2D eigenvalue weighted by Gasteiger charge is 2.33. The summed E-state index contributed by atoms with van der Waals surface area (Å²) in [7, 11) is 0. The van der Waals surface area contributed by atoms with Crippen molar-refractivity contribution in [1.82, 2.24) is 4.90 Å². The Morgan fingerprint density at radius 3 is 2.86 bits per heavy atom. The predicted octanol–water partition coefficient (Wildman–Crippen LogP) is 2.48. The second-order valence-electron chi connectivity index (χ2n) is 5.00. The quantitative estimate of drug-likeness (QED) is 0.687. The van der Waals surface area contributed by atoms with Gasteiger partial charge >= 0.3 is 5.97 Å². The second kappa shape index (κ2) is 6.80. The number of nitrogen functional groups attached to an aromatic ring is 1. The Morgan fingerprint density at radius 1 is 1.43 bits per heavy atom. The topological polar surface area (TPSA) is 72.6 Å². The van der Waals surface area contributed by atoms with Crippen LogP contribution in [0.15, 0.2) is 18.2 Å². The van der Waals surface area contributed by atoms with Gasteiger partial charge in [-0.25, -0.2) is 4.79 Å². The van der Waals surface area contributed by atoms with Crippen molar-refractivity contribution in [2.45, 2.75) is 32.2 Å². The minimum Gasteiger partial charge on any atom is -0.464 e. The summed E-state index contributed by atoms with van der Waals surface area (Å²) in [5.74, 6) is -0.552. The van der Waals surface area contributed by atoms with Crippen LogP contribution >= 0.6 is 11.6 Å². The molecule has 1 amide bonds. The number of halogens is 1. The van der Waals surface area contributed by atoms with Crippen molar-refractivity contribution in [3.63, 3.8) is 0 Å². The maximum atomic E-state index is 12.6. The number of benzene rings is 1. The van der Waals surface area contributed by atoms with E-state index in [2.05, 4.69) is 0 Å². The number of carbonyl (C=O) groups excluding carboxylic acids is 2.